The molecule has 0 aliphatic rings. The Morgan fingerprint density at radius 2 is 1.71 bits per heavy atom. The van der Waals surface area contributed by atoms with Crippen LogP contribution >= 0.6 is 0 Å². The van der Waals surface area contributed by atoms with Gasteiger partial charge in [-0.1, -0.05) is 26.8 Å². The maximum atomic E-state index is 12.8. The molecule has 42 heavy (non-hydrogen) atoms. The molecule has 1 aromatic carbocycles. The fourth-order valence-corrected chi connectivity index (χ4v) is 4.45. The predicted octanol–water partition coefficient (Wildman–Crippen LogP) is 3.59. The van der Waals surface area contributed by atoms with Gasteiger partial charge in [0.15, 0.2) is 11.5 Å². The molecule has 0 unspecified atom stereocenters. The Labute approximate surface area is 251 Å². The Balaban J connectivity index is 3.10. The minimum atomic E-state index is -1.02. The van der Waals surface area contributed by atoms with Gasteiger partial charge in [-0.25, -0.2) is 4.79 Å². The first-order valence-electron chi connectivity index (χ1n) is 14.7. The van der Waals surface area contributed by atoms with Crippen LogP contribution in [0, 0.1) is 17.8 Å². The van der Waals surface area contributed by atoms with Gasteiger partial charge in [-0.2, -0.15) is 0 Å². The number of hydrogen-bond donors (Lipinski definition) is 4. The molecule has 1 aromatic rings. The molecule has 0 aromatic heterocycles. The molecule has 5 N–H and O–H groups in total. The van der Waals surface area contributed by atoms with Crippen LogP contribution in [0.1, 0.15) is 72.8 Å². The van der Waals surface area contributed by atoms with Crippen LogP contribution in [0.5, 0.6) is 11.5 Å². The quantitative estimate of drug-likeness (QED) is 0.177. The number of benzene rings is 1. The van der Waals surface area contributed by atoms with Crippen LogP contribution < -0.4 is 25.8 Å². The third-order valence-corrected chi connectivity index (χ3v) is 6.86. The zero-order chi connectivity index (χ0) is 31.9. The molecule has 0 saturated carbocycles. The number of rotatable bonds is 19. The van der Waals surface area contributed by atoms with E-state index in [9.17, 15) is 19.5 Å². The van der Waals surface area contributed by atoms with Gasteiger partial charge in [0.25, 0.3) is 0 Å². The van der Waals surface area contributed by atoms with Crippen LogP contribution in [0.4, 0.5) is 4.79 Å². The number of alkyl carbamates (subject to hydrolysis) is 1. The van der Waals surface area contributed by atoms with Crippen LogP contribution in [-0.2, 0) is 25.5 Å². The van der Waals surface area contributed by atoms with E-state index in [0.717, 1.165) is 12.0 Å². The minimum absolute atomic E-state index is 0.0329. The van der Waals surface area contributed by atoms with Crippen molar-refractivity contribution < 1.29 is 38.4 Å². The highest BCUT2D eigenvalue weighted by Crippen LogP contribution is 2.32. The molecule has 0 spiro atoms. The predicted molar refractivity (Wildman–Crippen MR) is 161 cm³/mol. The fraction of sp³-hybridized carbons (Fsp3) is 0.710. The van der Waals surface area contributed by atoms with E-state index in [1.54, 1.807) is 41.9 Å². The van der Waals surface area contributed by atoms with Crippen molar-refractivity contribution in [1.82, 2.24) is 10.6 Å². The topological polar surface area (TPSA) is 158 Å². The Morgan fingerprint density at radius 3 is 2.29 bits per heavy atom. The molecule has 1 rings (SSSR count). The van der Waals surface area contributed by atoms with Crippen molar-refractivity contribution in [3.05, 3.63) is 23.8 Å². The van der Waals surface area contributed by atoms with Gasteiger partial charge in [-0.15, -0.1) is 0 Å². The third-order valence-electron chi connectivity index (χ3n) is 6.86. The van der Waals surface area contributed by atoms with Gasteiger partial charge >= 0.3 is 6.09 Å². The highest BCUT2D eigenvalue weighted by Gasteiger charge is 2.31. The molecule has 0 bridgehead atoms. The monoisotopic (exact) mass is 595 g/mol. The maximum absolute atomic E-state index is 12.8. The standard InChI is InChI=1S/C31H53N3O8/c1-20(2)23(17-22-10-11-26(40-8)27(18-22)41-15-9-14-39-7)19-24(34-30(38)42-31(4,5)6)25(35)16-21(3)29(37)33-13-12-28(32)36/h10-11,18,20-21,23-25,35H,9,12-17,19H2,1-8H3,(H2,32,36)(H,33,37)(H,34,38)/t21-,23+,24+,25+/m1/s1. The molecule has 0 radical (unpaired) electrons. The van der Waals surface area contributed by atoms with Crippen molar-refractivity contribution in [1.29, 1.82) is 0 Å². The van der Waals surface area contributed by atoms with Crippen molar-refractivity contribution in [2.75, 3.05) is 34.0 Å². The Morgan fingerprint density at radius 1 is 1.02 bits per heavy atom. The molecule has 11 nitrogen and oxygen atoms in total. The number of carbonyl (C=O) groups excluding carboxylic acids is 3. The molecule has 240 valence electrons. The van der Waals surface area contributed by atoms with E-state index < -0.39 is 35.7 Å². The first-order chi connectivity index (χ1) is 19.7. The second-order valence-corrected chi connectivity index (χ2v) is 12.1. The van der Waals surface area contributed by atoms with E-state index in [2.05, 4.69) is 24.5 Å². The Bertz CT molecular complexity index is 979. The van der Waals surface area contributed by atoms with E-state index in [0.29, 0.717) is 37.6 Å². The number of nitrogens with two attached hydrogens (primary N) is 1. The molecule has 11 heteroatoms. The lowest BCUT2D eigenvalue weighted by Crippen LogP contribution is -2.48. The summed E-state index contributed by atoms with van der Waals surface area (Å²) < 4.78 is 22.0. The number of aliphatic hydroxyl groups excluding tert-OH is 1. The van der Waals surface area contributed by atoms with Crippen molar-refractivity contribution in [3.8, 4) is 11.5 Å². The number of methoxy groups -OCH3 is 2. The summed E-state index contributed by atoms with van der Waals surface area (Å²) in [5, 5.41) is 16.8. The lowest BCUT2D eigenvalue weighted by atomic mass is 9.82. The summed E-state index contributed by atoms with van der Waals surface area (Å²) in [7, 11) is 3.25. The Hall–Kier alpha value is -3.05. The summed E-state index contributed by atoms with van der Waals surface area (Å²) in [6.45, 7) is 12.4. The Kier molecular flexibility index (Phi) is 16.3. The molecule has 0 saturated heterocycles. The SMILES string of the molecule is COCCCOc1cc(C[C@@H](C[C@H](NC(=O)OC(C)(C)C)[C@@H](O)C[C@@H](C)C(=O)NCCC(N)=O)C(C)C)ccc1OC. The number of aliphatic hydroxyl groups is 1. The molecule has 0 aliphatic carbocycles. The average Bonchev–Trinajstić information content (AvgIpc) is 2.88. The van der Waals surface area contributed by atoms with Crippen LogP contribution in [0.15, 0.2) is 18.2 Å². The van der Waals surface area contributed by atoms with Crippen LogP contribution in [-0.4, -0.2) is 74.7 Å². The fourth-order valence-electron chi connectivity index (χ4n) is 4.45. The second-order valence-electron chi connectivity index (χ2n) is 12.1. The molecular weight excluding hydrogens is 542 g/mol. The van der Waals surface area contributed by atoms with E-state index >= 15 is 0 Å². The molecule has 0 aliphatic heterocycles. The highest BCUT2D eigenvalue weighted by molar-refractivity contribution is 5.79. The number of ether oxygens (including phenoxy) is 4. The largest absolute Gasteiger partial charge is 0.493 e. The van der Waals surface area contributed by atoms with Crippen LogP contribution in [0.2, 0.25) is 0 Å². The number of nitrogens with one attached hydrogen (secondary N) is 2. The van der Waals surface area contributed by atoms with Gasteiger partial charge in [0, 0.05) is 39.0 Å². The van der Waals surface area contributed by atoms with Crippen molar-refractivity contribution in [3.63, 3.8) is 0 Å². The smallest absolute Gasteiger partial charge is 0.407 e. The summed E-state index contributed by atoms with van der Waals surface area (Å²) in [6, 6.07) is 5.16. The molecule has 3 amide bonds. The van der Waals surface area contributed by atoms with Gasteiger partial charge in [-0.3, -0.25) is 9.59 Å². The van der Waals surface area contributed by atoms with Crippen molar-refractivity contribution >= 4 is 17.9 Å². The zero-order valence-corrected chi connectivity index (χ0v) is 26.7. The maximum Gasteiger partial charge on any atom is 0.407 e. The first kappa shape index (κ1) is 37.0. The molecule has 0 fully saturated rings. The van der Waals surface area contributed by atoms with Gasteiger partial charge in [0.05, 0.1) is 25.9 Å². The highest BCUT2D eigenvalue weighted by atomic mass is 16.6. The van der Waals surface area contributed by atoms with Crippen molar-refractivity contribution in [2.45, 2.75) is 91.4 Å². The number of amides is 3. The first-order valence-corrected chi connectivity index (χ1v) is 14.7. The third kappa shape index (κ3) is 14.7. The lowest BCUT2D eigenvalue weighted by Gasteiger charge is -2.32. The van der Waals surface area contributed by atoms with Crippen molar-refractivity contribution in [2.24, 2.45) is 23.5 Å². The van der Waals surface area contributed by atoms with Gasteiger partial charge in [0.2, 0.25) is 11.8 Å². The van der Waals surface area contributed by atoms with Gasteiger partial charge in [-0.05, 0) is 69.6 Å². The summed E-state index contributed by atoms with van der Waals surface area (Å²) in [4.78, 5) is 36.3. The normalized spacial score (nSPS) is 14.4. The zero-order valence-electron chi connectivity index (χ0n) is 26.7. The number of carbonyl (C=O) groups is 3. The van der Waals surface area contributed by atoms with E-state index in [-0.39, 0.29) is 37.1 Å². The number of hydrogen-bond acceptors (Lipinski definition) is 8. The number of primary amides is 1. The average molecular weight is 596 g/mol. The van der Waals surface area contributed by atoms with E-state index in [1.165, 1.54) is 0 Å². The summed E-state index contributed by atoms with van der Waals surface area (Å²) in [6.07, 6.45) is 0.342. The summed E-state index contributed by atoms with van der Waals surface area (Å²) in [5.74, 6) is 0.187. The van der Waals surface area contributed by atoms with E-state index in [4.69, 9.17) is 24.7 Å². The second kappa shape index (κ2) is 18.5. The minimum Gasteiger partial charge on any atom is -0.493 e. The van der Waals surface area contributed by atoms with Gasteiger partial charge in [0.1, 0.15) is 5.60 Å². The lowest BCUT2D eigenvalue weighted by molar-refractivity contribution is -0.125. The molecule has 0 heterocycles. The summed E-state index contributed by atoms with van der Waals surface area (Å²) in [5.41, 5.74) is 5.46. The molecular formula is C31H53N3O8. The van der Waals surface area contributed by atoms with Crippen LogP contribution in [0.25, 0.3) is 0 Å². The summed E-state index contributed by atoms with van der Waals surface area (Å²) >= 11 is 0. The molecule has 4 atom stereocenters. The van der Waals surface area contributed by atoms with Crippen LogP contribution in [0.3, 0.4) is 0 Å². The van der Waals surface area contributed by atoms with Gasteiger partial charge < -0.3 is 40.4 Å². The van der Waals surface area contributed by atoms with E-state index in [1.807, 2.05) is 18.2 Å².